The second-order valence-corrected chi connectivity index (χ2v) is 4.58. The topological polar surface area (TPSA) is 51.2 Å². The summed E-state index contributed by atoms with van der Waals surface area (Å²) in [5.41, 5.74) is 1.56. The monoisotopic (exact) mass is 254 g/mol. The van der Waals surface area contributed by atoms with Crippen LogP contribution in [0.1, 0.15) is 18.4 Å². The Hall–Kier alpha value is -1.13. The Balaban J connectivity index is 2.04. The number of carbonyl (C=O) groups is 1. The molecule has 1 aliphatic rings. The van der Waals surface area contributed by atoms with Gasteiger partial charge in [-0.3, -0.25) is 4.79 Å². The summed E-state index contributed by atoms with van der Waals surface area (Å²) in [5.74, 6) is 0.0166. The van der Waals surface area contributed by atoms with E-state index in [1.165, 1.54) is 0 Å². The molecule has 1 fully saturated rings. The van der Waals surface area contributed by atoms with E-state index in [0.29, 0.717) is 24.1 Å². The number of hydrogen-bond acceptors (Lipinski definition) is 3. The molecule has 0 aliphatic carbocycles. The van der Waals surface area contributed by atoms with Gasteiger partial charge in [0.15, 0.2) is 5.15 Å². The molecule has 0 radical (unpaired) electrons. The maximum absolute atomic E-state index is 12.0. The first-order chi connectivity index (χ1) is 8.16. The fourth-order valence-electron chi connectivity index (χ4n) is 1.83. The van der Waals surface area contributed by atoms with Gasteiger partial charge in [-0.15, -0.1) is 0 Å². The molecule has 2 heterocycles. The number of anilines is 1. The van der Waals surface area contributed by atoms with Crippen molar-refractivity contribution in [2.24, 2.45) is 5.92 Å². The lowest BCUT2D eigenvalue weighted by Crippen LogP contribution is -2.28. The molecular weight excluding hydrogens is 240 g/mol. The van der Waals surface area contributed by atoms with E-state index in [-0.39, 0.29) is 11.8 Å². The number of aromatic nitrogens is 1. The molecule has 92 valence electrons. The van der Waals surface area contributed by atoms with Crippen LogP contribution in [0.3, 0.4) is 0 Å². The first-order valence-electron chi connectivity index (χ1n) is 5.67. The van der Waals surface area contributed by atoms with Gasteiger partial charge in [0.25, 0.3) is 0 Å². The lowest BCUT2D eigenvalue weighted by molar-refractivity contribution is -0.122. The van der Waals surface area contributed by atoms with E-state index in [1.807, 2.05) is 13.0 Å². The predicted octanol–water partition coefficient (Wildman–Crippen LogP) is 2.41. The number of nitrogens with one attached hydrogen (secondary N) is 1. The Labute approximate surface area is 105 Å². The van der Waals surface area contributed by atoms with Crippen LogP contribution in [0.4, 0.5) is 5.69 Å². The van der Waals surface area contributed by atoms with E-state index in [0.717, 1.165) is 18.4 Å². The summed E-state index contributed by atoms with van der Waals surface area (Å²) >= 11 is 5.93. The molecule has 0 spiro atoms. The summed E-state index contributed by atoms with van der Waals surface area (Å²) in [5, 5.41) is 3.16. The van der Waals surface area contributed by atoms with Gasteiger partial charge in [0.05, 0.1) is 5.69 Å². The van der Waals surface area contributed by atoms with Crippen LogP contribution in [0, 0.1) is 12.8 Å². The van der Waals surface area contributed by atoms with E-state index in [2.05, 4.69) is 10.3 Å². The average Bonchev–Trinajstić information content (AvgIpc) is 2.35. The predicted molar refractivity (Wildman–Crippen MR) is 66.2 cm³/mol. The Morgan fingerprint density at radius 3 is 2.94 bits per heavy atom. The van der Waals surface area contributed by atoms with E-state index in [4.69, 9.17) is 16.3 Å². The highest BCUT2D eigenvalue weighted by atomic mass is 35.5. The first-order valence-corrected chi connectivity index (χ1v) is 6.05. The fraction of sp³-hybridized carbons (Fsp3) is 0.500. The second kappa shape index (κ2) is 5.47. The minimum atomic E-state index is 0.00241. The molecule has 1 aliphatic heterocycles. The number of ether oxygens (including phenoxy) is 1. The lowest BCUT2D eigenvalue weighted by Gasteiger charge is -2.21. The minimum absolute atomic E-state index is 0.00241. The third kappa shape index (κ3) is 3.17. The van der Waals surface area contributed by atoms with E-state index < -0.39 is 0 Å². The molecule has 4 nitrogen and oxygen atoms in total. The number of pyridine rings is 1. The standard InChI is InChI=1S/C12H15ClN2O2/c1-8-6-10(11(13)14-7-8)15-12(16)9-2-4-17-5-3-9/h6-7,9H,2-5H2,1H3,(H,15,16). The number of hydrogen-bond donors (Lipinski definition) is 1. The molecule has 0 unspecified atom stereocenters. The molecule has 0 atom stereocenters. The van der Waals surface area contributed by atoms with Gasteiger partial charge in [0.1, 0.15) is 0 Å². The maximum atomic E-state index is 12.0. The molecule has 1 saturated heterocycles. The first kappa shape index (κ1) is 12.3. The van der Waals surface area contributed by atoms with Crippen molar-refractivity contribution >= 4 is 23.2 Å². The van der Waals surface area contributed by atoms with Crippen LogP contribution in [-0.2, 0) is 9.53 Å². The minimum Gasteiger partial charge on any atom is -0.381 e. The van der Waals surface area contributed by atoms with E-state index in [9.17, 15) is 4.79 Å². The zero-order valence-corrected chi connectivity index (χ0v) is 10.5. The molecular formula is C12H15ClN2O2. The molecule has 17 heavy (non-hydrogen) atoms. The molecule has 5 heteroatoms. The molecule has 0 bridgehead atoms. The Morgan fingerprint density at radius 1 is 1.53 bits per heavy atom. The molecule has 0 saturated carbocycles. The molecule has 1 aromatic heterocycles. The van der Waals surface area contributed by atoms with Gasteiger partial charge in [-0.25, -0.2) is 4.98 Å². The highest BCUT2D eigenvalue weighted by Gasteiger charge is 2.22. The number of amides is 1. The van der Waals surface area contributed by atoms with Crippen molar-refractivity contribution in [3.05, 3.63) is 23.0 Å². The summed E-state index contributed by atoms with van der Waals surface area (Å²) in [4.78, 5) is 16.0. The van der Waals surface area contributed by atoms with Crippen LogP contribution in [0.2, 0.25) is 5.15 Å². The quantitative estimate of drug-likeness (QED) is 0.825. The number of carbonyl (C=O) groups excluding carboxylic acids is 1. The van der Waals surface area contributed by atoms with Crippen LogP contribution in [0.15, 0.2) is 12.3 Å². The highest BCUT2D eigenvalue weighted by molar-refractivity contribution is 6.32. The number of aryl methyl sites for hydroxylation is 1. The van der Waals surface area contributed by atoms with Gasteiger partial charge < -0.3 is 10.1 Å². The van der Waals surface area contributed by atoms with Crippen molar-refractivity contribution in [1.82, 2.24) is 4.98 Å². The van der Waals surface area contributed by atoms with E-state index in [1.54, 1.807) is 6.20 Å². The van der Waals surface area contributed by atoms with Crippen LogP contribution >= 0.6 is 11.6 Å². The van der Waals surface area contributed by atoms with Crippen LogP contribution in [-0.4, -0.2) is 24.1 Å². The van der Waals surface area contributed by atoms with Crippen LogP contribution in [0.5, 0.6) is 0 Å². The molecule has 1 aromatic rings. The summed E-state index contributed by atoms with van der Waals surface area (Å²) < 4.78 is 5.22. The summed E-state index contributed by atoms with van der Waals surface area (Å²) in [7, 11) is 0. The molecule has 1 amide bonds. The van der Waals surface area contributed by atoms with Crippen LogP contribution < -0.4 is 5.32 Å². The van der Waals surface area contributed by atoms with Gasteiger partial charge in [0, 0.05) is 25.3 Å². The smallest absolute Gasteiger partial charge is 0.227 e. The van der Waals surface area contributed by atoms with E-state index >= 15 is 0 Å². The van der Waals surface area contributed by atoms with Crippen LogP contribution in [0.25, 0.3) is 0 Å². The summed E-state index contributed by atoms with van der Waals surface area (Å²) in [6.07, 6.45) is 3.21. The van der Waals surface area contributed by atoms with Crippen molar-refractivity contribution in [2.45, 2.75) is 19.8 Å². The fourth-order valence-corrected chi connectivity index (χ4v) is 1.99. The van der Waals surface area contributed by atoms with Crippen molar-refractivity contribution in [3.8, 4) is 0 Å². The van der Waals surface area contributed by atoms with Gasteiger partial charge >= 0.3 is 0 Å². The SMILES string of the molecule is Cc1cnc(Cl)c(NC(=O)C2CCOCC2)c1. The van der Waals surface area contributed by atoms with Gasteiger partial charge in [-0.2, -0.15) is 0 Å². The van der Waals surface area contributed by atoms with Gasteiger partial charge in [0.2, 0.25) is 5.91 Å². The van der Waals surface area contributed by atoms with Crippen molar-refractivity contribution < 1.29 is 9.53 Å². The number of rotatable bonds is 2. The zero-order chi connectivity index (χ0) is 12.3. The third-order valence-electron chi connectivity index (χ3n) is 2.83. The normalized spacial score (nSPS) is 16.8. The Morgan fingerprint density at radius 2 is 2.24 bits per heavy atom. The Kier molecular flexibility index (Phi) is 3.97. The van der Waals surface area contributed by atoms with Crippen molar-refractivity contribution in [1.29, 1.82) is 0 Å². The Bertz CT molecular complexity index is 417. The second-order valence-electron chi connectivity index (χ2n) is 4.23. The average molecular weight is 255 g/mol. The van der Waals surface area contributed by atoms with Crippen molar-refractivity contribution in [3.63, 3.8) is 0 Å². The summed E-state index contributed by atoms with van der Waals surface area (Å²) in [6.45, 7) is 3.21. The third-order valence-corrected chi connectivity index (χ3v) is 3.13. The summed E-state index contributed by atoms with van der Waals surface area (Å²) in [6, 6.07) is 1.83. The number of nitrogens with zero attached hydrogens (tertiary/aromatic N) is 1. The highest BCUT2D eigenvalue weighted by Crippen LogP contribution is 2.22. The zero-order valence-electron chi connectivity index (χ0n) is 9.70. The maximum Gasteiger partial charge on any atom is 0.227 e. The lowest BCUT2D eigenvalue weighted by atomic mass is 9.99. The van der Waals surface area contributed by atoms with Gasteiger partial charge in [-0.1, -0.05) is 11.6 Å². The molecule has 0 aromatic carbocycles. The molecule has 1 N–H and O–H groups in total. The largest absolute Gasteiger partial charge is 0.381 e. The molecule has 2 rings (SSSR count). The number of halogens is 1. The van der Waals surface area contributed by atoms with Crippen molar-refractivity contribution in [2.75, 3.05) is 18.5 Å². The van der Waals surface area contributed by atoms with Gasteiger partial charge in [-0.05, 0) is 31.4 Å².